The number of benzene rings is 1. The number of hydrogen-bond donors (Lipinski definition) is 0. The topological polar surface area (TPSA) is 35.5 Å². The van der Waals surface area contributed by atoms with Crippen LogP contribution >= 0.6 is 0 Å². The van der Waals surface area contributed by atoms with Gasteiger partial charge in [0.05, 0.1) is 18.8 Å². The van der Waals surface area contributed by atoms with E-state index >= 15 is 0 Å². The molecule has 0 aromatic heterocycles. The van der Waals surface area contributed by atoms with Gasteiger partial charge in [0.2, 0.25) is 5.78 Å². The van der Waals surface area contributed by atoms with E-state index in [1.165, 1.54) is 13.0 Å². The average Bonchev–Trinajstić information content (AvgIpc) is 2.39. The van der Waals surface area contributed by atoms with E-state index in [2.05, 4.69) is 0 Å². The van der Waals surface area contributed by atoms with E-state index in [9.17, 15) is 26.7 Å². The van der Waals surface area contributed by atoms with Gasteiger partial charge in [-0.2, -0.15) is 22.0 Å². The minimum absolute atomic E-state index is 0.0258. The van der Waals surface area contributed by atoms with Gasteiger partial charge in [0, 0.05) is 0 Å². The zero-order valence-electron chi connectivity index (χ0n) is 11.3. The van der Waals surface area contributed by atoms with Crippen molar-refractivity contribution in [3.8, 4) is 11.5 Å². The van der Waals surface area contributed by atoms with Gasteiger partial charge in [0.15, 0.2) is 11.5 Å². The molecule has 0 aliphatic rings. The predicted octanol–water partition coefficient (Wildman–Crippen LogP) is 3.86. The van der Waals surface area contributed by atoms with E-state index in [4.69, 9.17) is 9.47 Å². The fourth-order valence-corrected chi connectivity index (χ4v) is 1.55. The first-order chi connectivity index (χ1) is 9.66. The zero-order valence-corrected chi connectivity index (χ0v) is 11.3. The van der Waals surface area contributed by atoms with E-state index in [-0.39, 0.29) is 19.0 Å². The van der Waals surface area contributed by atoms with Crippen LogP contribution in [-0.2, 0) is 0 Å². The van der Waals surface area contributed by atoms with E-state index < -0.39 is 29.2 Å². The fourth-order valence-electron chi connectivity index (χ4n) is 1.55. The summed E-state index contributed by atoms with van der Waals surface area (Å²) in [6.07, 6.45) is -5.98. The van der Waals surface area contributed by atoms with Gasteiger partial charge in [-0.25, -0.2) is 0 Å². The molecule has 0 fully saturated rings. The molecule has 0 heterocycles. The third-order valence-electron chi connectivity index (χ3n) is 2.45. The van der Waals surface area contributed by atoms with Crippen molar-refractivity contribution in [3.05, 3.63) is 23.8 Å². The maximum atomic E-state index is 13.2. The van der Waals surface area contributed by atoms with Crippen molar-refractivity contribution in [1.82, 2.24) is 0 Å². The molecule has 8 heteroatoms. The van der Waals surface area contributed by atoms with Crippen LogP contribution < -0.4 is 9.47 Å². The number of carbonyl (C=O) groups is 1. The Morgan fingerprint density at radius 1 is 1.05 bits per heavy atom. The molecule has 1 aromatic carbocycles. The highest BCUT2D eigenvalue weighted by molar-refractivity contribution is 6.04. The molecule has 0 radical (unpaired) electrons. The summed E-state index contributed by atoms with van der Waals surface area (Å²) in [6.45, 7) is 3.20. The monoisotopic (exact) mass is 312 g/mol. The molecule has 0 aliphatic heterocycles. The molecule has 118 valence electrons. The minimum atomic E-state index is -5.98. The van der Waals surface area contributed by atoms with Crippen molar-refractivity contribution >= 4 is 5.78 Å². The highest BCUT2D eigenvalue weighted by Crippen LogP contribution is 2.41. The van der Waals surface area contributed by atoms with Crippen LogP contribution in [0.3, 0.4) is 0 Å². The number of ketones is 1. The number of hydrogen-bond acceptors (Lipinski definition) is 3. The summed E-state index contributed by atoms with van der Waals surface area (Å²) < 4.78 is 73.3. The third kappa shape index (κ3) is 3.43. The number of ether oxygens (including phenoxy) is 2. The van der Waals surface area contributed by atoms with Crippen LogP contribution in [-0.4, -0.2) is 31.1 Å². The van der Waals surface area contributed by atoms with E-state index in [0.29, 0.717) is 0 Å². The Morgan fingerprint density at radius 3 is 2.10 bits per heavy atom. The maximum Gasteiger partial charge on any atom is 0.461 e. The Balaban J connectivity index is 3.35. The Bertz CT molecular complexity index is 511. The van der Waals surface area contributed by atoms with E-state index in [1.54, 1.807) is 6.92 Å². The highest BCUT2D eigenvalue weighted by Gasteiger charge is 2.63. The lowest BCUT2D eigenvalue weighted by Crippen LogP contribution is -2.44. The van der Waals surface area contributed by atoms with Crippen LogP contribution in [0, 0.1) is 0 Å². The average molecular weight is 312 g/mol. The van der Waals surface area contributed by atoms with E-state index in [0.717, 1.165) is 12.1 Å². The molecule has 0 bridgehead atoms. The quantitative estimate of drug-likeness (QED) is 0.591. The SMILES string of the molecule is CCOc1cccc(C(=O)C(F)(F)C(F)(F)F)c1OCC. The molecule has 0 saturated carbocycles. The van der Waals surface area contributed by atoms with Crippen LogP contribution in [0.25, 0.3) is 0 Å². The van der Waals surface area contributed by atoms with Crippen LogP contribution in [0.2, 0.25) is 0 Å². The summed E-state index contributed by atoms with van der Waals surface area (Å²) >= 11 is 0. The summed E-state index contributed by atoms with van der Waals surface area (Å²) in [5, 5.41) is 0. The fraction of sp³-hybridized carbons (Fsp3) is 0.462. The van der Waals surface area contributed by atoms with Gasteiger partial charge < -0.3 is 9.47 Å². The molecule has 0 atom stereocenters. The van der Waals surface area contributed by atoms with Crippen molar-refractivity contribution in [1.29, 1.82) is 0 Å². The van der Waals surface area contributed by atoms with Gasteiger partial charge in [-0.3, -0.25) is 4.79 Å². The summed E-state index contributed by atoms with van der Waals surface area (Å²) in [6, 6.07) is 3.31. The molecule has 0 N–H and O–H groups in total. The Hall–Kier alpha value is -1.86. The van der Waals surface area contributed by atoms with Crippen LogP contribution in [0.15, 0.2) is 18.2 Å². The standard InChI is InChI=1S/C13H13F5O3/c1-3-20-9-7-5-6-8(10(9)21-4-2)11(19)12(14,15)13(16,17)18/h5-7H,3-4H2,1-2H3. The maximum absolute atomic E-state index is 13.2. The van der Waals surface area contributed by atoms with Gasteiger partial charge in [-0.15, -0.1) is 0 Å². The van der Waals surface area contributed by atoms with Crippen molar-refractivity contribution in [3.63, 3.8) is 0 Å². The molecule has 0 amide bonds. The Labute approximate surface area is 117 Å². The van der Waals surface area contributed by atoms with Crippen LogP contribution in [0.1, 0.15) is 24.2 Å². The lowest BCUT2D eigenvalue weighted by Gasteiger charge is -2.20. The number of para-hydroxylation sites is 1. The summed E-state index contributed by atoms with van der Waals surface area (Å²) in [7, 11) is 0. The molecule has 0 unspecified atom stereocenters. The molecule has 0 saturated heterocycles. The molecule has 0 spiro atoms. The van der Waals surface area contributed by atoms with Gasteiger partial charge in [0.25, 0.3) is 0 Å². The predicted molar refractivity (Wildman–Crippen MR) is 64.1 cm³/mol. The van der Waals surface area contributed by atoms with Crippen molar-refractivity contribution < 1.29 is 36.2 Å². The molecule has 21 heavy (non-hydrogen) atoms. The lowest BCUT2D eigenvalue weighted by molar-refractivity contribution is -0.255. The number of alkyl halides is 5. The molecule has 1 aromatic rings. The van der Waals surface area contributed by atoms with Crippen LogP contribution in [0.5, 0.6) is 11.5 Å². The number of carbonyl (C=O) groups excluding carboxylic acids is 1. The highest BCUT2D eigenvalue weighted by atomic mass is 19.4. The summed E-state index contributed by atoms with van der Waals surface area (Å²) in [5.74, 6) is -8.36. The van der Waals surface area contributed by atoms with E-state index in [1.807, 2.05) is 0 Å². The second kappa shape index (κ2) is 6.28. The molecule has 0 aliphatic carbocycles. The minimum Gasteiger partial charge on any atom is -0.490 e. The van der Waals surface area contributed by atoms with Gasteiger partial charge in [-0.1, -0.05) is 6.07 Å². The van der Waals surface area contributed by atoms with Crippen molar-refractivity contribution in [2.24, 2.45) is 0 Å². The summed E-state index contributed by atoms with van der Waals surface area (Å²) in [5.41, 5.74) is -0.870. The molecular weight excluding hydrogens is 299 g/mol. The van der Waals surface area contributed by atoms with Gasteiger partial charge in [-0.05, 0) is 26.0 Å². The summed E-state index contributed by atoms with van der Waals surface area (Å²) in [4.78, 5) is 11.6. The molecule has 3 nitrogen and oxygen atoms in total. The number of halogens is 5. The van der Waals surface area contributed by atoms with Crippen LogP contribution in [0.4, 0.5) is 22.0 Å². The number of rotatable bonds is 6. The molecular formula is C13H13F5O3. The second-order valence-corrected chi connectivity index (χ2v) is 3.90. The zero-order chi connectivity index (χ0) is 16.3. The Morgan fingerprint density at radius 2 is 1.62 bits per heavy atom. The van der Waals surface area contributed by atoms with Gasteiger partial charge >= 0.3 is 12.1 Å². The third-order valence-corrected chi connectivity index (χ3v) is 2.45. The Kier molecular flexibility index (Phi) is 5.14. The normalized spacial score (nSPS) is 12.1. The van der Waals surface area contributed by atoms with Crippen molar-refractivity contribution in [2.45, 2.75) is 25.9 Å². The van der Waals surface area contributed by atoms with Crippen molar-refractivity contribution in [2.75, 3.05) is 13.2 Å². The number of Topliss-reactive ketones (excluding diaryl/α,β-unsaturated/α-hetero) is 1. The first-order valence-electron chi connectivity index (χ1n) is 6.04. The first-order valence-corrected chi connectivity index (χ1v) is 6.04. The first kappa shape index (κ1) is 17.2. The smallest absolute Gasteiger partial charge is 0.461 e. The van der Waals surface area contributed by atoms with Gasteiger partial charge in [0.1, 0.15) is 0 Å². The largest absolute Gasteiger partial charge is 0.490 e. The lowest BCUT2D eigenvalue weighted by atomic mass is 10.0. The second-order valence-electron chi connectivity index (χ2n) is 3.90. The molecule has 1 rings (SSSR count).